The number of hydrogen-bond donors (Lipinski definition) is 1. The summed E-state index contributed by atoms with van der Waals surface area (Å²) in [6.07, 6.45) is 8.40. The number of nitrogens with one attached hydrogen (secondary N) is 1. The molecule has 0 saturated carbocycles. The second-order valence-electron chi connectivity index (χ2n) is 5.57. The van der Waals surface area contributed by atoms with Crippen LogP contribution < -0.4 is 5.32 Å². The van der Waals surface area contributed by atoms with Crippen molar-refractivity contribution in [2.75, 3.05) is 32.8 Å². The van der Waals surface area contributed by atoms with Gasteiger partial charge in [-0.15, -0.1) is 0 Å². The van der Waals surface area contributed by atoms with Crippen LogP contribution in [0.4, 0.5) is 0 Å². The predicted molar refractivity (Wildman–Crippen MR) is 71.3 cm³/mol. The van der Waals surface area contributed by atoms with Crippen LogP contribution in [0, 0.1) is 0 Å². The van der Waals surface area contributed by atoms with Crippen LogP contribution >= 0.6 is 0 Å². The first-order valence-electron chi connectivity index (χ1n) is 7.42. The number of ether oxygens (including phenoxy) is 1. The smallest absolute Gasteiger partial charge is 0.0576 e. The zero-order valence-electron chi connectivity index (χ0n) is 11.3. The van der Waals surface area contributed by atoms with Gasteiger partial charge in [0.15, 0.2) is 0 Å². The van der Waals surface area contributed by atoms with Crippen LogP contribution in [0.1, 0.15) is 45.4 Å². The van der Waals surface area contributed by atoms with Crippen molar-refractivity contribution in [1.29, 1.82) is 0 Å². The van der Waals surface area contributed by atoms with Gasteiger partial charge in [0.2, 0.25) is 0 Å². The Hall–Kier alpha value is -0.120. The van der Waals surface area contributed by atoms with E-state index in [1.807, 2.05) is 0 Å². The Morgan fingerprint density at radius 3 is 2.82 bits per heavy atom. The third-order valence-electron chi connectivity index (χ3n) is 4.11. The molecule has 0 radical (unpaired) electrons. The van der Waals surface area contributed by atoms with Crippen LogP contribution in [0.15, 0.2) is 0 Å². The molecule has 2 rings (SSSR count). The van der Waals surface area contributed by atoms with Gasteiger partial charge in [-0.3, -0.25) is 4.90 Å². The normalized spacial score (nSPS) is 27.7. The van der Waals surface area contributed by atoms with Crippen LogP contribution in [0.25, 0.3) is 0 Å². The predicted octanol–water partition coefficient (Wildman–Crippen LogP) is 2.02. The van der Waals surface area contributed by atoms with E-state index in [2.05, 4.69) is 17.1 Å². The minimum Gasteiger partial charge on any atom is -0.378 e. The summed E-state index contributed by atoms with van der Waals surface area (Å²) in [5.41, 5.74) is 0. The van der Waals surface area contributed by atoms with Crippen molar-refractivity contribution in [1.82, 2.24) is 10.2 Å². The first-order valence-corrected chi connectivity index (χ1v) is 7.42. The maximum absolute atomic E-state index is 5.63. The third-order valence-corrected chi connectivity index (χ3v) is 4.11. The summed E-state index contributed by atoms with van der Waals surface area (Å²) in [4.78, 5) is 2.60. The Balaban J connectivity index is 1.45. The fourth-order valence-corrected chi connectivity index (χ4v) is 2.95. The molecule has 0 aliphatic carbocycles. The number of likely N-dealkylation sites (tertiary alicyclic amines) is 1. The van der Waals surface area contributed by atoms with Gasteiger partial charge in [-0.2, -0.15) is 0 Å². The van der Waals surface area contributed by atoms with Gasteiger partial charge in [0.25, 0.3) is 0 Å². The monoisotopic (exact) mass is 240 g/mol. The SMILES string of the molecule is CC(CNCCCC1CCCO1)N1CCCC1. The van der Waals surface area contributed by atoms with Gasteiger partial charge in [0, 0.05) is 19.2 Å². The molecule has 0 aromatic rings. The average molecular weight is 240 g/mol. The fraction of sp³-hybridized carbons (Fsp3) is 1.00. The fourth-order valence-electron chi connectivity index (χ4n) is 2.95. The van der Waals surface area contributed by atoms with E-state index in [-0.39, 0.29) is 0 Å². The molecular formula is C14H28N2O. The minimum atomic E-state index is 0.563. The topological polar surface area (TPSA) is 24.5 Å². The molecule has 2 aliphatic rings. The van der Waals surface area contributed by atoms with Crippen molar-refractivity contribution < 1.29 is 4.74 Å². The Morgan fingerprint density at radius 2 is 2.12 bits per heavy atom. The third kappa shape index (κ3) is 4.57. The highest BCUT2D eigenvalue weighted by Gasteiger charge is 2.17. The van der Waals surface area contributed by atoms with E-state index in [4.69, 9.17) is 4.74 Å². The van der Waals surface area contributed by atoms with E-state index >= 15 is 0 Å². The molecule has 2 aliphatic heterocycles. The van der Waals surface area contributed by atoms with Gasteiger partial charge < -0.3 is 10.1 Å². The molecule has 0 aromatic heterocycles. The van der Waals surface area contributed by atoms with Crippen molar-refractivity contribution in [3.05, 3.63) is 0 Å². The molecule has 100 valence electrons. The van der Waals surface area contributed by atoms with Gasteiger partial charge in [-0.25, -0.2) is 0 Å². The van der Waals surface area contributed by atoms with E-state index < -0.39 is 0 Å². The summed E-state index contributed by atoms with van der Waals surface area (Å²) >= 11 is 0. The van der Waals surface area contributed by atoms with Crippen LogP contribution in [-0.2, 0) is 4.74 Å². The summed E-state index contributed by atoms with van der Waals surface area (Å²) in [5.74, 6) is 0. The summed E-state index contributed by atoms with van der Waals surface area (Å²) in [6.45, 7) is 8.24. The molecule has 1 N–H and O–H groups in total. The maximum Gasteiger partial charge on any atom is 0.0576 e. The second-order valence-corrected chi connectivity index (χ2v) is 5.57. The van der Waals surface area contributed by atoms with Gasteiger partial charge in [0.05, 0.1) is 6.10 Å². The van der Waals surface area contributed by atoms with Crippen molar-refractivity contribution in [3.63, 3.8) is 0 Å². The quantitative estimate of drug-likeness (QED) is 0.689. The van der Waals surface area contributed by atoms with E-state index in [0.29, 0.717) is 12.1 Å². The molecule has 2 heterocycles. The van der Waals surface area contributed by atoms with Gasteiger partial charge in [-0.05, 0) is 65.1 Å². The first-order chi connectivity index (χ1) is 8.36. The largest absolute Gasteiger partial charge is 0.378 e. The molecule has 3 heteroatoms. The lowest BCUT2D eigenvalue weighted by Gasteiger charge is -2.24. The van der Waals surface area contributed by atoms with Crippen LogP contribution in [0.5, 0.6) is 0 Å². The zero-order valence-corrected chi connectivity index (χ0v) is 11.3. The number of hydrogen-bond acceptors (Lipinski definition) is 3. The van der Waals surface area contributed by atoms with Crippen molar-refractivity contribution >= 4 is 0 Å². The standard InChI is InChI=1S/C14H28N2O/c1-13(16-9-2-3-10-16)12-15-8-4-6-14-7-5-11-17-14/h13-15H,2-12H2,1H3. The summed E-state index contributed by atoms with van der Waals surface area (Å²) in [5, 5.41) is 3.59. The highest BCUT2D eigenvalue weighted by Crippen LogP contribution is 2.16. The van der Waals surface area contributed by atoms with Crippen molar-refractivity contribution in [2.24, 2.45) is 0 Å². The molecule has 2 atom stereocenters. The first kappa shape index (κ1) is 13.3. The Bertz CT molecular complexity index is 198. The molecule has 2 unspecified atom stereocenters. The Morgan fingerprint density at radius 1 is 1.29 bits per heavy atom. The Labute approximate surface area is 106 Å². The molecule has 2 fully saturated rings. The molecule has 0 bridgehead atoms. The van der Waals surface area contributed by atoms with E-state index in [1.165, 1.54) is 51.6 Å². The molecular weight excluding hydrogens is 212 g/mol. The lowest BCUT2D eigenvalue weighted by atomic mass is 10.1. The maximum atomic E-state index is 5.63. The molecule has 0 spiro atoms. The van der Waals surface area contributed by atoms with Crippen molar-refractivity contribution in [2.45, 2.75) is 57.6 Å². The van der Waals surface area contributed by atoms with Crippen molar-refractivity contribution in [3.8, 4) is 0 Å². The zero-order chi connectivity index (χ0) is 11.9. The lowest BCUT2D eigenvalue weighted by Crippen LogP contribution is -2.38. The van der Waals surface area contributed by atoms with Gasteiger partial charge in [-0.1, -0.05) is 0 Å². The minimum absolute atomic E-state index is 0.563. The second kappa shape index (κ2) is 7.34. The van der Waals surface area contributed by atoms with Crippen LogP contribution in [-0.4, -0.2) is 49.8 Å². The van der Waals surface area contributed by atoms with Crippen LogP contribution in [0.3, 0.4) is 0 Å². The molecule has 3 nitrogen and oxygen atoms in total. The average Bonchev–Trinajstić information content (AvgIpc) is 3.01. The summed E-state index contributed by atoms with van der Waals surface area (Å²) in [6, 6.07) is 0.709. The number of rotatable bonds is 7. The van der Waals surface area contributed by atoms with Gasteiger partial charge in [0.1, 0.15) is 0 Å². The van der Waals surface area contributed by atoms with Gasteiger partial charge >= 0.3 is 0 Å². The molecule has 17 heavy (non-hydrogen) atoms. The highest BCUT2D eigenvalue weighted by atomic mass is 16.5. The Kier molecular flexibility index (Phi) is 5.75. The lowest BCUT2D eigenvalue weighted by molar-refractivity contribution is 0.102. The van der Waals surface area contributed by atoms with E-state index in [1.54, 1.807) is 0 Å². The van der Waals surface area contributed by atoms with E-state index in [0.717, 1.165) is 19.7 Å². The summed E-state index contributed by atoms with van der Waals surface area (Å²) in [7, 11) is 0. The number of nitrogens with zero attached hydrogens (tertiary/aromatic N) is 1. The molecule has 2 saturated heterocycles. The highest BCUT2D eigenvalue weighted by molar-refractivity contribution is 4.74. The molecule has 0 aromatic carbocycles. The summed E-state index contributed by atoms with van der Waals surface area (Å²) < 4.78 is 5.63. The van der Waals surface area contributed by atoms with Crippen LogP contribution in [0.2, 0.25) is 0 Å². The molecule has 0 amide bonds. The van der Waals surface area contributed by atoms with E-state index in [9.17, 15) is 0 Å².